The molecule has 0 fully saturated rings. The van der Waals surface area contributed by atoms with Crippen molar-refractivity contribution in [3.63, 3.8) is 0 Å². The molecule has 1 heterocycles. The Morgan fingerprint density at radius 2 is 1.96 bits per heavy atom. The number of aromatic nitrogens is 1. The minimum Gasteiger partial charge on any atom is -0.299 e. The van der Waals surface area contributed by atoms with Crippen molar-refractivity contribution in [3.8, 4) is 0 Å². The summed E-state index contributed by atoms with van der Waals surface area (Å²) in [5.74, 6) is 0.456. The van der Waals surface area contributed by atoms with Crippen LogP contribution in [0.4, 0.5) is 0 Å². The van der Waals surface area contributed by atoms with Crippen LogP contribution in [-0.4, -0.2) is 10.8 Å². The number of hydrogen-bond donors (Lipinski definition) is 0. The van der Waals surface area contributed by atoms with Gasteiger partial charge in [-0.15, -0.1) is 0 Å². The van der Waals surface area contributed by atoms with E-state index in [2.05, 4.69) is 46.9 Å². The van der Waals surface area contributed by atoms with Crippen molar-refractivity contribution in [2.45, 2.75) is 32.6 Å². The number of fused-ring (bicyclic) bond motifs is 1. The minimum atomic E-state index is 0.206. The van der Waals surface area contributed by atoms with Crippen LogP contribution in [0.5, 0.6) is 0 Å². The fourth-order valence-electron chi connectivity index (χ4n) is 3.19. The minimum absolute atomic E-state index is 0.206. The van der Waals surface area contributed by atoms with Gasteiger partial charge >= 0.3 is 0 Å². The molecule has 0 amide bonds. The lowest BCUT2D eigenvalue weighted by molar-refractivity contribution is -0.118. The largest absolute Gasteiger partial charge is 0.299 e. The predicted octanol–water partition coefficient (Wildman–Crippen LogP) is 5.61. The highest BCUT2D eigenvalue weighted by Gasteiger charge is 2.15. The second-order valence-electron chi connectivity index (χ2n) is 6.31. The zero-order valence-corrected chi connectivity index (χ0v) is 15.5. The molecule has 3 rings (SSSR count). The summed E-state index contributed by atoms with van der Waals surface area (Å²) in [5, 5.41) is 1.08. The van der Waals surface area contributed by atoms with Gasteiger partial charge in [-0.3, -0.25) is 9.78 Å². The number of hydrogen-bond acceptors (Lipinski definition) is 2. The smallest absolute Gasteiger partial charge is 0.137 e. The van der Waals surface area contributed by atoms with E-state index in [4.69, 9.17) is 0 Å². The molecule has 2 nitrogen and oxygen atoms in total. The van der Waals surface area contributed by atoms with Gasteiger partial charge in [-0.05, 0) is 47.7 Å². The van der Waals surface area contributed by atoms with Crippen LogP contribution in [0.1, 0.15) is 36.0 Å². The number of halogens is 1. The lowest BCUT2D eigenvalue weighted by atomic mass is 9.90. The van der Waals surface area contributed by atoms with Gasteiger partial charge in [0.05, 0.1) is 5.52 Å². The van der Waals surface area contributed by atoms with E-state index in [9.17, 15) is 4.79 Å². The van der Waals surface area contributed by atoms with Gasteiger partial charge in [0.1, 0.15) is 5.78 Å². The van der Waals surface area contributed by atoms with E-state index < -0.39 is 0 Å². The number of rotatable bonds is 5. The summed E-state index contributed by atoms with van der Waals surface area (Å²) >= 11 is 3.52. The summed E-state index contributed by atoms with van der Waals surface area (Å²) in [7, 11) is 0. The van der Waals surface area contributed by atoms with Crippen molar-refractivity contribution in [2.24, 2.45) is 0 Å². The van der Waals surface area contributed by atoms with E-state index >= 15 is 0 Å². The Hall–Kier alpha value is -2.00. The quantitative estimate of drug-likeness (QED) is 0.574. The maximum atomic E-state index is 12.6. The number of carbonyl (C=O) groups is 1. The first-order chi connectivity index (χ1) is 11.5. The Balaban J connectivity index is 1.76. The number of para-hydroxylation sites is 1. The van der Waals surface area contributed by atoms with Gasteiger partial charge in [-0.1, -0.05) is 53.2 Å². The van der Waals surface area contributed by atoms with Crippen LogP contribution in [0.2, 0.25) is 0 Å². The fraction of sp³-hybridized carbons (Fsp3) is 0.238. The molecule has 0 aliphatic heterocycles. The molecule has 0 aliphatic rings. The third-order valence-electron chi connectivity index (χ3n) is 4.41. The molecule has 0 radical (unpaired) electrons. The number of Topliss-reactive ketones (excluding diaryl/α,β-unsaturated/α-hetero) is 1. The summed E-state index contributed by atoms with van der Waals surface area (Å²) in [6, 6.07) is 16.2. The van der Waals surface area contributed by atoms with Crippen LogP contribution in [0, 0.1) is 6.92 Å². The van der Waals surface area contributed by atoms with Crippen LogP contribution in [0.25, 0.3) is 10.9 Å². The molecule has 1 atom stereocenters. The van der Waals surface area contributed by atoms with Crippen LogP contribution < -0.4 is 0 Å². The molecule has 0 N–H and O–H groups in total. The third-order valence-corrected chi connectivity index (χ3v) is 4.90. The number of nitrogens with zero attached hydrogens (tertiary/aromatic N) is 1. The van der Waals surface area contributed by atoms with Crippen molar-refractivity contribution in [1.82, 2.24) is 4.98 Å². The van der Waals surface area contributed by atoms with Crippen molar-refractivity contribution in [1.29, 1.82) is 0 Å². The standard InChI is InChI=1S/C21H20BrNO/c1-14-8-9-18(22)13-20(14)15(2)11-19(24)12-17-6-3-5-16-7-4-10-23-21(16)17/h3-10,13,15H,11-12H2,1-2H3. The molecule has 1 unspecified atom stereocenters. The molecule has 3 heteroatoms. The summed E-state index contributed by atoms with van der Waals surface area (Å²) in [6.07, 6.45) is 2.76. The van der Waals surface area contributed by atoms with Crippen LogP contribution in [0.3, 0.4) is 0 Å². The lowest BCUT2D eigenvalue weighted by Crippen LogP contribution is -2.09. The molecule has 0 spiro atoms. The molecule has 24 heavy (non-hydrogen) atoms. The zero-order chi connectivity index (χ0) is 17.1. The van der Waals surface area contributed by atoms with Crippen molar-refractivity contribution < 1.29 is 4.79 Å². The molecule has 1 aromatic heterocycles. The molecule has 0 saturated heterocycles. The summed E-state index contributed by atoms with van der Waals surface area (Å²) < 4.78 is 1.06. The number of aryl methyl sites for hydroxylation is 1. The first kappa shape index (κ1) is 16.8. The third kappa shape index (κ3) is 3.73. The topological polar surface area (TPSA) is 30.0 Å². The van der Waals surface area contributed by atoms with Crippen LogP contribution in [-0.2, 0) is 11.2 Å². The average Bonchev–Trinajstić information content (AvgIpc) is 2.57. The highest BCUT2D eigenvalue weighted by Crippen LogP contribution is 2.27. The fourth-order valence-corrected chi connectivity index (χ4v) is 3.57. The van der Waals surface area contributed by atoms with Crippen molar-refractivity contribution >= 4 is 32.6 Å². The highest BCUT2D eigenvalue weighted by atomic mass is 79.9. The summed E-state index contributed by atoms with van der Waals surface area (Å²) in [4.78, 5) is 17.0. The van der Waals surface area contributed by atoms with Gasteiger partial charge in [-0.2, -0.15) is 0 Å². The number of benzene rings is 2. The highest BCUT2D eigenvalue weighted by molar-refractivity contribution is 9.10. The van der Waals surface area contributed by atoms with E-state index in [1.807, 2.05) is 36.4 Å². The van der Waals surface area contributed by atoms with Gasteiger partial charge in [0.2, 0.25) is 0 Å². The van der Waals surface area contributed by atoms with Gasteiger partial charge in [0.25, 0.3) is 0 Å². The normalized spacial score (nSPS) is 12.3. The molecule has 0 bridgehead atoms. The van der Waals surface area contributed by atoms with E-state index in [1.54, 1.807) is 6.20 Å². The molecule has 3 aromatic rings. The Morgan fingerprint density at radius 1 is 1.17 bits per heavy atom. The van der Waals surface area contributed by atoms with E-state index in [-0.39, 0.29) is 11.7 Å². The average molecular weight is 382 g/mol. The van der Waals surface area contributed by atoms with Gasteiger partial charge in [-0.25, -0.2) is 0 Å². The van der Waals surface area contributed by atoms with Crippen molar-refractivity contribution in [3.05, 3.63) is 75.9 Å². The molecular weight excluding hydrogens is 362 g/mol. The van der Waals surface area contributed by atoms with Crippen LogP contribution >= 0.6 is 15.9 Å². The molecular formula is C21H20BrNO. The Bertz CT molecular complexity index is 883. The van der Waals surface area contributed by atoms with Gasteiger partial charge in [0.15, 0.2) is 0 Å². The van der Waals surface area contributed by atoms with Gasteiger partial charge < -0.3 is 0 Å². The zero-order valence-electron chi connectivity index (χ0n) is 13.9. The molecule has 122 valence electrons. The number of pyridine rings is 1. The van der Waals surface area contributed by atoms with Crippen LogP contribution in [0.15, 0.2) is 59.2 Å². The van der Waals surface area contributed by atoms with Crippen molar-refractivity contribution in [2.75, 3.05) is 0 Å². The maximum absolute atomic E-state index is 12.6. The van der Waals surface area contributed by atoms with Gasteiger partial charge in [0, 0.05) is 28.9 Å². The summed E-state index contributed by atoms with van der Waals surface area (Å²) in [6.45, 7) is 4.21. The molecule has 0 aliphatic carbocycles. The van der Waals surface area contributed by atoms with E-state index in [0.717, 1.165) is 20.9 Å². The molecule has 2 aromatic carbocycles. The Labute approximate surface area is 151 Å². The Kier molecular flexibility index (Phi) is 5.10. The monoisotopic (exact) mass is 381 g/mol. The second-order valence-corrected chi connectivity index (χ2v) is 7.23. The predicted molar refractivity (Wildman–Crippen MR) is 102 cm³/mol. The number of carbonyl (C=O) groups excluding carboxylic acids is 1. The number of ketones is 1. The second kappa shape index (κ2) is 7.27. The Morgan fingerprint density at radius 3 is 2.79 bits per heavy atom. The SMILES string of the molecule is Cc1ccc(Br)cc1C(C)CC(=O)Cc1cccc2cccnc12. The van der Waals surface area contributed by atoms with E-state index in [1.165, 1.54) is 11.1 Å². The lowest BCUT2D eigenvalue weighted by Gasteiger charge is -2.15. The summed E-state index contributed by atoms with van der Waals surface area (Å²) in [5.41, 5.74) is 4.40. The molecule has 0 saturated carbocycles. The van der Waals surface area contributed by atoms with E-state index in [0.29, 0.717) is 12.8 Å². The first-order valence-corrected chi connectivity index (χ1v) is 8.94. The first-order valence-electron chi connectivity index (χ1n) is 8.15. The maximum Gasteiger partial charge on any atom is 0.137 e.